The van der Waals surface area contributed by atoms with Crippen LogP contribution in [0, 0.1) is 0 Å². The van der Waals surface area contributed by atoms with Crippen molar-refractivity contribution < 1.29 is 0 Å². The van der Waals surface area contributed by atoms with Gasteiger partial charge in [-0.1, -0.05) is 57.7 Å². The summed E-state index contributed by atoms with van der Waals surface area (Å²) >= 11 is 0. The summed E-state index contributed by atoms with van der Waals surface area (Å²) in [6.07, 6.45) is 2.97. The molecule has 0 spiro atoms. The molecule has 1 N–H and O–H groups in total. The van der Waals surface area contributed by atoms with E-state index in [2.05, 4.69) is 56.9 Å². The number of hydrogen-bond donors (Lipinski definition) is 1. The molecular weight excluding hydrogens is 182 g/mol. The molecule has 0 atom stereocenters. The van der Waals surface area contributed by atoms with E-state index in [0.29, 0.717) is 0 Å². The lowest BCUT2D eigenvalue weighted by atomic mass is 10.1. The summed E-state index contributed by atoms with van der Waals surface area (Å²) in [6, 6.07) is 8.45. The Kier molecular flexibility index (Phi) is 8.79. The van der Waals surface area contributed by atoms with Gasteiger partial charge in [0, 0.05) is 0 Å². The first-order chi connectivity index (χ1) is 7.28. The fourth-order valence-corrected chi connectivity index (χ4v) is 1.14. The number of aryl methyl sites for hydroxylation is 1. The lowest BCUT2D eigenvalue weighted by Gasteiger charge is -1.95. The summed E-state index contributed by atoms with van der Waals surface area (Å²) in [4.78, 5) is 0. The van der Waals surface area contributed by atoms with E-state index < -0.39 is 0 Å². The Morgan fingerprint density at radius 3 is 1.87 bits per heavy atom. The fourth-order valence-electron chi connectivity index (χ4n) is 1.14. The second-order valence-electron chi connectivity index (χ2n) is 3.26. The first kappa shape index (κ1) is 13.9. The number of rotatable bonds is 4. The maximum absolute atomic E-state index is 3.69. The van der Waals surface area contributed by atoms with Gasteiger partial charge in [0.05, 0.1) is 0 Å². The van der Waals surface area contributed by atoms with Crippen molar-refractivity contribution in [1.82, 2.24) is 5.32 Å². The third-order valence-electron chi connectivity index (χ3n) is 2.12. The molecular formula is C14H23N. The highest BCUT2D eigenvalue weighted by Gasteiger charge is 1.86. The largest absolute Gasteiger partial charge is 0.317 e. The summed E-state index contributed by atoms with van der Waals surface area (Å²) in [5.74, 6) is 0. The summed E-state index contributed by atoms with van der Waals surface area (Å²) in [7, 11) is 0. The van der Waals surface area contributed by atoms with Crippen LogP contribution in [0.2, 0.25) is 0 Å². The van der Waals surface area contributed by atoms with Gasteiger partial charge in [-0.25, -0.2) is 0 Å². The molecule has 1 heteroatoms. The Morgan fingerprint density at radius 2 is 1.60 bits per heavy atom. The summed E-state index contributed by atoms with van der Waals surface area (Å²) in [6.45, 7) is 12.2. The molecule has 1 nitrogen and oxygen atoms in total. The Hall–Kier alpha value is -1.08. The molecule has 1 aromatic carbocycles. The lowest BCUT2D eigenvalue weighted by Crippen LogP contribution is -2.09. The Labute approximate surface area is 94.2 Å². The van der Waals surface area contributed by atoms with Crippen LogP contribution in [0.1, 0.15) is 31.9 Å². The van der Waals surface area contributed by atoms with E-state index in [4.69, 9.17) is 0 Å². The fraction of sp³-hybridized carbons (Fsp3) is 0.429. The second kappa shape index (κ2) is 9.47. The molecule has 0 aliphatic heterocycles. The van der Waals surface area contributed by atoms with Gasteiger partial charge in [0.1, 0.15) is 0 Å². The Morgan fingerprint density at radius 1 is 1.07 bits per heavy atom. The second-order valence-corrected chi connectivity index (χ2v) is 3.26. The van der Waals surface area contributed by atoms with E-state index in [0.717, 1.165) is 19.5 Å². The highest BCUT2D eigenvalue weighted by atomic mass is 14.8. The van der Waals surface area contributed by atoms with Crippen LogP contribution in [0.25, 0.3) is 6.08 Å². The van der Waals surface area contributed by atoms with Gasteiger partial charge >= 0.3 is 0 Å². The van der Waals surface area contributed by atoms with Crippen molar-refractivity contribution in [2.24, 2.45) is 0 Å². The molecule has 15 heavy (non-hydrogen) atoms. The molecule has 0 bridgehead atoms. The molecule has 1 aromatic rings. The first-order valence-corrected chi connectivity index (χ1v) is 5.70. The van der Waals surface area contributed by atoms with Gasteiger partial charge in [0.2, 0.25) is 0 Å². The van der Waals surface area contributed by atoms with Crippen LogP contribution >= 0.6 is 0 Å². The SMILES string of the molecule is C=Cc1ccc(CC)cc1.CCNCC. The van der Waals surface area contributed by atoms with Crippen LogP contribution in [0.5, 0.6) is 0 Å². The van der Waals surface area contributed by atoms with Gasteiger partial charge in [-0.2, -0.15) is 0 Å². The summed E-state index contributed by atoms with van der Waals surface area (Å²) < 4.78 is 0. The molecule has 0 heterocycles. The van der Waals surface area contributed by atoms with Crippen LogP contribution in [0.4, 0.5) is 0 Å². The molecule has 0 unspecified atom stereocenters. The number of hydrogen-bond acceptors (Lipinski definition) is 1. The van der Waals surface area contributed by atoms with Crippen LogP contribution in [-0.2, 0) is 6.42 Å². The molecule has 1 rings (SSSR count). The van der Waals surface area contributed by atoms with Gasteiger partial charge in [-0.3, -0.25) is 0 Å². The minimum atomic E-state index is 1.09. The smallest absolute Gasteiger partial charge is 0.00775 e. The van der Waals surface area contributed by atoms with Gasteiger partial charge in [0.15, 0.2) is 0 Å². The highest BCUT2D eigenvalue weighted by molar-refractivity contribution is 5.47. The molecule has 0 radical (unpaired) electrons. The van der Waals surface area contributed by atoms with Crippen molar-refractivity contribution in [3.63, 3.8) is 0 Å². The van der Waals surface area contributed by atoms with Gasteiger partial charge in [0.25, 0.3) is 0 Å². The van der Waals surface area contributed by atoms with Crippen molar-refractivity contribution >= 4 is 6.08 Å². The summed E-state index contributed by atoms with van der Waals surface area (Å²) in [5.41, 5.74) is 2.57. The third kappa shape index (κ3) is 6.92. The normalized spacial score (nSPS) is 9.00. The average Bonchev–Trinajstić information content (AvgIpc) is 2.31. The zero-order valence-electron chi connectivity index (χ0n) is 10.2. The highest BCUT2D eigenvalue weighted by Crippen LogP contribution is 2.05. The van der Waals surface area contributed by atoms with E-state index >= 15 is 0 Å². The van der Waals surface area contributed by atoms with Crippen LogP contribution in [0.15, 0.2) is 30.8 Å². The lowest BCUT2D eigenvalue weighted by molar-refractivity contribution is 0.762. The summed E-state index contributed by atoms with van der Waals surface area (Å²) in [5, 5.41) is 3.11. The molecule has 0 amide bonds. The zero-order chi connectivity index (χ0) is 11.5. The average molecular weight is 205 g/mol. The van der Waals surface area contributed by atoms with E-state index in [1.165, 1.54) is 11.1 Å². The molecule has 0 fully saturated rings. The van der Waals surface area contributed by atoms with Crippen molar-refractivity contribution in [2.45, 2.75) is 27.2 Å². The third-order valence-corrected chi connectivity index (χ3v) is 2.12. The number of nitrogens with one attached hydrogen (secondary N) is 1. The van der Waals surface area contributed by atoms with Crippen LogP contribution in [0.3, 0.4) is 0 Å². The van der Waals surface area contributed by atoms with Gasteiger partial charge < -0.3 is 5.32 Å². The molecule has 84 valence electrons. The minimum Gasteiger partial charge on any atom is -0.317 e. The Balaban J connectivity index is 0.000000336. The van der Waals surface area contributed by atoms with E-state index in [1.807, 2.05) is 6.08 Å². The van der Waals surface area contributed by atoms with E-state index in [9.17, 15) is 0 Å². The maximum atomic E-state index is 3.69. The topological polar surface area (TPSA) is 12.0 Å². The number of benzene rings is 1. The van der Waals surface area contributed by atoms with Crippen LogP contribution in [-0.4, -0.2) is 13.1 Å². The van der Waals surface area contributed by atoms with E-state index in [1.54, 1.807) is 0 Å². The first-order valence-electron chi connectivity index (χ1n) is 5.70. The van der Waals surface area contributed by atoms with Crippen molar-refractivity contribution in [3.8, 4) is 0 Å². The molecule has 0 saturated carbocycles. The van der Waals surface area contributed by atoms with Crippen LogP contribution < -0.4 is 5.32 Å². The van der Waals surface area contributed by atoms with Gasteiger partial charge in [-0.05, 0) is 30.6 Å². The standard InChI is InChI=1S/C10H12.C4H11N/c1-3-9-5-7-10(4-2)8-6-9;1-3-5-4-2/h3,5-8H,1,4H2,2H3;5H,3-4H2,1-2H3. The molecule has 0 aliphatic rings. The quantitative estimate of drug-likeness (QED) is 0.793. The van der Waals surface area contributed by atoms with Crippen molar-refractivity contribution in [1.29, 1.82) is 0 Å². The van der Waals surface area contributed by atoms with E-state index in [-0.39, 0.29) is 0 Å². The molecule has 0 aliphatic carbocycles. The predicted molar refractivity (Wildman–Crippen MR) is 70.1 cm³/mol. The zero-order valence-corrected chi connectivity index (χ0v) is 10.2. The Bertz CT molecular complexity index is 247. The minimum absolute atomic E-state index is 1.09. The maximum Gasteiger partial charge on any atom is -0.00775 e. The predicted octanol–water partition coefficient (Wildman–Crippen LogP) is 3.51. The monoisotopic (exact) mass is 205 g/mol. The van der Waals surface area contributed by atoms with Crippen molar-refractivity contribution in [2.75, 3.05) is 13.1 Å². The molecule has 0 aromatic heterocycles. The molecule has 0 saturated heterocycles. The van der Waals surface area contributed by atoms with Crippen molar-refractivity contribution in [3.05, 3.63) is 42.0 Å². The van der Waals surface area contributed by atoms with Gasteiger partial charge in [-0.15, -0.1) is 0 Å².